The van der Waals surface area contributed by atoms with E-state index >= 15 is 0 Å². The molecule has 2 nitrogen and oxygen atoms in total. The SMILES string of the molecule is CCCC(C)C(CSc1cccc(Br)c1)NN. The van der Waals surface area contributed by atoms with Gasteiger partial charge in [0.25, 0.3) is 0 Å². The molecule has 96 valence electrons. The number of nitrogens with one attached hydrogen (secondary N) is 1. The van der Waals surface area contributed by atoms with E-state index in [2.05, 4.69) is 53.4 Å². The smallest absolute Gasteiger partial charge is 0.0330 e. The summed E-state index contributed by atoms with van der Waals surface area (Å²) >= 11 is 5.34. The molecule has 0 radical (unpaired) electrons. The molecule has 1 aromatic carbocycles. The average Bonchev–Trinajstić information content (AvgIpc) is 2.30. The molecule has 0 saturated carbocycles. The van der Waals surface area contributed by atoms with Crippen molar-refractivity contribution >= 4 is 27.7 Å². The first-order chi connectivity index (χ1) is 8.17. The number of hydrogen-bond acceptors (Lipinski definition) is 3. The molecule has 0 amide bonds. The fourth-order valence-corrected chi connectivity index (χ4v) is 3.51. The predicted molar refractivity (Wildman–Crippen MR) is 80.0 cm³/mol. The normalized spacial score (nSPS) is 14.6. The van der Waals surface area contributed by atoms with Crippen LogP contribution >= 0.6 is 27.7 Å². The lowest BCUT2D eigenvalue weighted by Crippen LogP contribution is -2.41. The summed E-state index contributed by atoms with van der Waals surface area (Å²) in [7, 11) is 0. The van der Waals surface area contributed by atoms with Crippen LogP contribution in [0.2, 0.25) is 0 Å². The van der Waals surface area contributed by atoms with E-state index < -0.39 is 0 Å². The second-order valence-electron chi connectivity index (χ2n) is 4.31. The summed E-state index contributed by atoms with van der Waals surface area (Å²) in [5, 5.41) is 0. The Hall–Kier alpha value is -0.0300. The predicted octanol–water partition coefficient (Wildman–Crippen LogP) is 3.81. The van der Waals surface area contributed by atoms with Crippen LogP contribution in [-0.2, 0) is 0 Å². The van der Waals surface area contributed by atoms with E-state index in [9.17, 15) is 0 Å². The van der Waals surface area contributed by atoms with Crippen molar-refractivity contribution in [1.29, 1.82) is 0 Å². The van der Waals surface area contributed by atoms with E-state index in [4.69, 9.17) is 5.84 Å². The number of halogens is 1. The Morgan fingerprint density at radius 2 is 2.24 bits per heavy atom. The molecule has 1 rings (SSSR count). The van der Waals surface area contributed by atoms with Gasteiger partial charge in [0.1, 0.15) is 0 Å². The Kier molecular flexibility index (Phi) is 7.19. The Morgan fingerprint density at radius 3 is 2.82 bits per heavy atom. The van der Waals surface area contributed by atoms with Crippen molar-refractivity contribution in [3.8, 4) is 0 Å². The van der Waals surface area contributed by atoms with Gasteiger partial charge in [0.05, 0.1) is 0 Å². The van der Waals surface area contributed by atoms with Crippen molar-refractivity contribution in [2.45, 2.75) is 37.6 Å². The van der Waals surface area contributed by atoms with Crippen LogP contribution in [0.15, 0.2) is 33.6 Å². The number of hydrogen-bond donors (Lipinski definition) is 2. The first-order valence-electron chi connectivity index (χ1n) is 6.01. The minimum Gasteiger partial charge on any atom is -0.271 e. The highest BCUT2D eigenvalue weighted by Crippen LogP contribution is 2.24. The Bertz CT molecular complexity index is 333. The van der Waals surface area contributed by atoms with Crippen LogP contribution in [0, 0.1) is 5.92 Å². The van der Waals surface area contributed by atoms with Crippen LogP contribution in [0.4, 0.5) is 0 Å². The molecular formula is C13H21BrN2S. The third kappa shape index (κ3) is 5.42. The summed E-state index contributed by atoms with van der Waals surface area (Å²) in [5.74, 6) is 7.25. The maximum atomic E-state index is 5.63. The van der Waals surface area contributed by atoms with Gasteiger partial charge in [-0.3, -0.25) is 11.3 Å². The van der Waals surface area contributed by atoms with Gasteiger partial charge in [-0.25, -0.2) is 0 Å². The fourth-order valence-electron chi connectivity index (χ4n) is 1.78. The number of benzene rings is 1. The van der Waals surface area contributed by atoms with Crippen molar-refractivity contribution in [2.75, 3.05) is 5.75 Å². The maximum Gasteiger partial charge on any atom is 0.0330 e. The van der Waals surface area contributed by atoms with Gasteiger partial charge >= 0.3 is 0 Å². The Morgan fingerprint density at radius 1 is 1.47 bits per heavy atom. The molecular weight excluding hydrogens is 296 g/mol. The molecule has 17 heavy (non-hydrogen) atoms. The fraction of sp³-hybridized carbons (Fsp3) is 0.538. The molecule has 1 aromatic rings. The molecule has 0 spiro atoms. The molecule has 3 N–H and O–H groups in total. The number of nitrogens with two attached hydrogens (primary N) is 1. The van der Waals surface area contributed by atoms with Gasteiger partial charge in [0, 0.05) is 21.2 Å². The first-order valence-corrected chi connectivity index (χ1v) is 7.79. The van der Waals surface area contributed by atoms with Gasteiger partial charge in [-0.1, -0.05) is 42.3 Å². The van der Waals surface area contributed by atoms with Crippen LogP contribution < -0.4 is 11.3 Å². The Balaban J connectivity index is 2.47. The van der Waals surface area contributed by atoms with Gasteiger partial charge in [-0.15, -0.1) is 11.8 Å². The van der Waals surface area contributed by atoms with E-state index in [-0.39, 0.29) is 0 Å². The standard InChI is InChI=1S/C13H21BrN2S/c1-3-5-10(2)13(16-15)9-17-12-7-4-6-11(14)8-12/h4,6-8,10,13,16H,3,5,9,15H2,1-2H3. The molecule has 2 unspecified atom stereocenters. The minimum absolute atomic E-state index is 0.374. The largest absolute Gasteiger partial charge is 0.271 e. The van der Waals surface area contributed by atoms with Gasteiger partial charge < -0.3 is 0 Å². The summed E-state index contributed by atoms with van der Waals surface area (Å²) < 4.78 is 1.13. The van der Waals surface area contributed by atoms with Crippen molar-refractivity contribution < 1.29 is 0 Å². The molecule has 0 fully saturated rings. The zero-order valence-corrected chi connectivity index (χ0v) is 12.9. The van der Waals surface area contributed by atoms with Crippen molar-refractivity contribution in [1.82, 2.24) is 5.43 Å². The van der Waals surface area contributed by atoms with Gasteiger partial charge in [0.2, 0.25) is 0 Å². The number of rotatable bonds is 7. The van der Waals surface area contributed by atoms with E-state index in [1.807, 2.05) is 17.8 Å². The molecule has 0 aromatic heterocycles. The van der Waals surface area contributed by atoms with Gasteiger partial charge in [0.15, 0.2) is 0 Å². The molecule has 0 aliphatic heterocycles. The molecule has 0 aliphatic carbocycles. The zero-order chi connectivity index (χ0) is 12.7. The van der Waals surface area contributed by atoms with E-state index in [1.54, 1.807) is 0 Å². The lowest BCUT2D eigenvalue weighted by Gasteiger charge is -2.22. The summed E-state index contributed by atoms with van der Waals surface area (Å²) in [6.45, 7) is 4.47. The van der Waals surface area contributed by atoms with Crippen molar-refractivity contribution in [3.05, 3.63) is 28.7 Å². The lowest BCUT2D eigenvalue weighted by atomic mass is 9.99. The average molecular weight is 317 g/mol. The summed E-state index contributed by atoms with van der Waals surface area (Å²) in [6, 6.07) is 8.75. The highest BCUT2D eigenvalue weighted by atomic mass is 79.9. The third-order valence-electron chi connectivity index (χ3n) is 2.87. The number of thioether (sulfide) groups is 1. The van der Waals surface area contributed by atoms with Crippen molar-refractivity contribution in [2.24, 2.45) is 11.8 Å². The topological polar surface area (TPSA) is 38.0 Å². The van der Waals surface area contributed by atoms with Gasteiger partial charge in [-0.05, 0) is 30.5 Å². The quantitative estimate of drug-likeness (QED) is 0.456. The maximum absolute atomic E-state index is 5.63. The lowest BCUT2D eigenvalue weighted by molar-refractivity contribution is 0.387. The second-order valence-corrected chi connectivity index (χ2v) is 6.32. The van der Waals surface area contributed by atoms with Crippen LogP contribution in [0.1, 0.15) is 26.7 Å². The summed E-state index contributed by atoms with van der Waals surface area (Å²) in [6.07, 6.45) is 2.43. The zero-order valence-electron chi connectivity index (χ0n) is 10.4. The van der Waals surface area contributed by atoms with Crippen LogP contribution in [0.5, 0.6) is 0 Å². The van der Waals surface area contributed by atoms with Crippen LogP contribution in [0.25, 0.3) is 0 Å². The Labute approximate surface area is 117 Å². The van der Waals surface area contributed by atoms with Crippen LogP contribution in [0.3, 0.4) is 0 Å². The highest BCUT2D eigenvalue weighted by Gasteiger charge is 2.15. The van der Waals surface area contributed by atoms with Crippen molar-refractivity contribution in [3.63, 3.8) is 0 Å². The molecule has 4 heteroatoms. The molecule has 0 aliphatic rings. The second kappa shape index (κ2) is 8.14. The third-order valence-corrected chi connectivity index (χ3v) is 4.48. The molecule has 0 heterocycles. The molecule has 2 atom stereocenters. The number of hydrazine groups is 1. The van der Waals surface area contributed by atoms with E-state index in [0.29, 0.717) is 12.0 Å². The first kappa shape index (κ1) is 15.0. The molecule has 0 saturated heterocycles. The van der Waals surface area contributed by atoms with E-state index in [1.165, 1.54) is 17.7 Å². The summed E-state index contributed by atoms with van der Waals surface area (Å²) in [5.41, 5.74) is 2.94. The monoisotopic (exact) mass is 316 g/mol. The van der Waals surface area contributed by atoms with Crippen LogP contribution in [-0.4, -0.2) is 11.8 Å². The molecule has 0 bridgehead atoms. The van der Waals surface area contributed by atoms with Gasteiger partial charge in [-0.2, -0.15) is 0 Å². The summed E-state index contributed by atoms with van der Waals surface area (Å²) in [4.78, 5) is 1.28. The minimum atomic E-state index is 0.374. The van der Waals surface area contributed by atoms with E-state index in [0.717, 1.165) is 10.2 Å². The highest BCUT2D eigenvalue weighted by molar-refractivity contribution is 9.10.